The molecule has 1 rings (SSSR count). The monoisotopic (exact) mass is 194 g/mol. The van der Waals surface area contributed by atoms with Gasteiger partial charge in [0.2, 0.25) is 0 Å². The van der Waals surface area contributed by atoms with E-state index in [0.29, 0.717) is 18.8 Å². The Hall–Kier alpha value is -0.185. The first-order chi connectivity index (χ1) is 6.04. The summed E-state index contributed by atoms with van der Waals surface area (Å²) in [6.45, 7) is -3.72. The quantitative estimate of drug-likeness (QED) is 0.681. The Morgan fingerprint density at radius 2 is 1.69 bits per heavy atom. The topological polar surface area (TPSA) is 12.0 Å². The predicted molar refractivity (Wildman–Crippen MR) is 48.7 cm³/mol. The highest BCUT2D eigenvalue weighted by Crippen LogP contribution is 2.40. The van der Waals surface area contributed by atoms with Gasteiger partial charge in [0.1, 0.15) is 0 Å². The summed E-state index contributed by atoms with van der Waals surface area (Å²) < 4.78 is 36.9. The van der Waals surface area contributed by atoms with Crippen molar-refractivity contribution in [2.75, 3.05) is 13.6 Å². The molecule has 13 heavy (non-hydrogen) atoms. The standard InChI is InChI=1S/C8H16BF3N/c1-13-6-7-2-4-8(5-3-7)9(10,11)12/h7-8,13H,2-6H2,1H3/q-1. The van der Waals surface area contributed by atoms with E-state index < -0.39 is 12.8 Å². The summed E-state index contributed by atoms with van der Waals surface area (Å²) in [6, 6.07) is 0. The summed E-state index contributed by atoms with van der Waals surface area (Å²) in [5.41, 5.74) is 0. The zero-order valence-electron chi connectivity index (χ0n) is 7.90. The van der Waals surface area contributed by atoms with Crippen LogP contribution in [0.4, 0.5) is 12.9 Å². The van der Waals surface area contributed by atoms with Gasteiger partial charge in [-0.25, -0.2) is 0 Å². The maximum atomic E-state index is 12.3. The summed E-state index contributed by atoms with van der Waals surface area (Å²) in [7, 11) is 1.85. The van der Waals surface area contributed by atoms with Crippen molar-refractivity contribution in [2.45, 2.75) is 31.5 Å². The van der Waals surface area contributed by atoms with E-state index in [4.69, 9.17) is 0 Å². The minimum atomic E-state index is -4.58. The maximum Gasteiger partial charge on any atom is 0.481 e. The summed E-state index contributed by atoms with van der Waals surface area (Å²) in [4.78, 5) is 0. The van der Waals surface area contributed by atoms with Crippen LogP contribution in [0.3, 0.4) is 0 Å². The average molecular weight is 194 g/mol. The molecule has 1 N–H and O–H groups in total. The molecule has 0 radical (unpaired) electrons. The van der Waals surface area contributed by atoms with E-state index in [9.17, 15) is 12.9 Å². The third-order valence-electron chi connectivity index (χ3n) is 2.92. The van der Waals surface area contributed by atoms with Crippen molar-refractivity contribution in [3.63, 3.8) is 0 Å². The molecule has 0 amide bonds. The summed E-state index contributed by atoms with van der Waals surface area (Å²) in [5.74, 6) is -0.521. The fourth-order valence-electron chi connectivity index (χ4n) is 2.06. The fourth-order valence-corrected chi connectivity index (χ4v) is 2.06. The number of hydrogen-bond acceptors (Lipinski definition) is 1. The molecular formula is C8H16BF3N-. The minimum Gasteiger partial charge on any atom is -0.449 e. The number of nitrogens with one attached hydrogen (secondary N) is 1. The number of rotatable bonds is 3. The molecule has 0 aliphatic heterocycles. The van der Waals surface area contributed by atoms with Crippen molar-refractivity contribution in [1.82, 2.24) is 5.32 Å². The molecule has 1 saturated carbocycles. The molecule has 0 aromatic rings. The van der Waals surface area contributed by atoms with Crippen LogP contribution >= 0.6 is 0 Å². The summed E-state index contributed by atoms with van der Waals surface area (Å²) in [5, 5.41) is 3.01. The van der Waals surface area contributed by atoms with Gasteiger partial charge in [0.15, 0.2) is 0 Å². The van der Waals surface area contributed by atoms with Crippen LogP contribution in [-0.2, 0) is 0 Å². The molecule has 78 valence electrons. The van der Waals surface area contributed by atoms with Crippen LogP contribution in [0.1, 0.15) is 25.7 Å². The largest absolute Gasteiger partial charge is 0.481 e. The highest BCUT2D eigenvalue weighted by molar-refractivity contribution is 6.60. The van der Waals surface area contributed by atoms with Crippen LogP contribution in [-0.4, -0.2) is 20.6 Å². The van der Waals surface area contributed by atoms with Crippen LogP contribution in [0, 0.1) is 5.92 Å². The lowest BCUT2D eigenvalue weighted by Gasteiger charge is -2.34. The minimum absolute atomic E-state index is 0.343. The molecule has 1 aliphatic carbocycles. The van der Waals surface area contributed by atoms with Gasteiger partial charge >= 0.3 is 6.98 Å². The molecule has 0 aromatic carbocycles. The Morgan fingerprint density at radius 1 is 1.15 bits per heavy atom. The SMILES string of the molecule is CNCC1CCC([B-](F)(F)F)CC1. The van der Waals surface area contributed by atoms with Gasteiger partial charge in [0, 0.05) is 0 Å². The van der Waals surface area contributed by atoms with Gasteiger partial charge in [-0.05, 0) is 19.5 Å². The molecule has 0 spiro atoms. The van der Waals surface area contributed by atoms with E-state index >= 15 is 0 Å². The Balaban J connectivity index is 2.30. The van der Waals surface area contributed by atoms with Crippen LogP contribution in [0.15, 0.2) is 0 Å². The van der Waals surface area contributed by atoms with Gasteiger partial charge in [-0.2, -0.15) is 0 Å². The van der Waals surface area contributed by atoms with E-state index in [0.717, 1.165) is 19.4 Å². The lowest BCUT2D eigenvalue weighted by Crippen LogP contribution is -2.30. The molecule has 0 bridgehead atoms. The smallest absolute Gasteiger partial charge is 0.449 e. The molecule has 0 atom stereocenters. The first-order valence-corrected chi connectivity index (χ1v) is 4.88. The second-order valence-corrected chi connectivity index (χ2v) is 3.96. The first kappa shape index (κ1) is 10.9. The van der Waals surface area contributed by atoms with Crippen LogP contribution < -0.4 is 5.32 Å². The van der Waals surface area contributed by atoms with Gasteiger partial charge in [-0.3, -0.25) is 0 Å². The van der Waals surface area contributed by atoms with E-state index in [1.165, 1.54) is 0 Å². The maximum absolute atomic E-state index is 12.3. The third-order valence-corrected chi connectivity index (χ3v) is 2.92. The molecule has 5 heteroatoms. The van der Waals surface area contributed by atoms with Gasteiger partial charge in [-0.15, -0.1) is 0 Å². The molecule has 1 aliphatic rings. The average Bonchev–Trinajstić information content (AvgIpc) is 2.04. The molecule has 0 unspecified atom stereocenters. The Morgan fingerprint density at radius 3 is 2.08 bits per heavy atom. The van der Waals surface area contributed by atoms with Gasteiger partial charge in [0.25, 0.3) is 0 Å². The molecule has 0 heterocycles. The Kier molecular flexibility index (Phi) is 3.65. The summed E-state index contributed by atoms with van der Waals surface area (Å²) in [6.07, 6.45) is 2.14. The lowest BCUT2D eigenvalue weighted by atomic mass is 9.63. The lowest BCUT2D eigenvalue weighted by molar-refractivity contribution is 0.306. The Labute approximate surface area is 77.1 Å². The second kappa shape index (κ2) is 4.35. The van der Waals surface area contributed by atoms with E-state index in [1.807, 2.05) is 7.05 Å². The van der Waals surface area contributed by atoms with Gasteiger partial charge in [-0.1, -0.05) is 31.5 Å². The van der Waals surface area contributed by atoms with Crippen molar-refractivity contribution in [2.24, 2.45) is 5.92 Å². The van der Waals surface area contributed by atoms with Gasteiger partial charge in [0.05, 0.1) is 0 Å². The van der Waals surface area contributed by atoms with Crippen LogP contribution in [0.5, 0.6) is 0 Å². The van der Waals surface area contributed by atoms with E-state index in [2.05, 4.69) is 5.32 Å². The third kappa shape index (κ3) is 3.22. The normalized spacial score (nSPS) is 30.5. The Bertz CT molecular complexity index is 152. The fraction of sp³-hybridized carbons (Fsp3) is 1.00. The van der Waals surface area contributed by atoms with E-state index in [1.54, 1.807) is 0 Å². The highest BCUT2D eigenvalue weighted by atomic mass is 19.4. The van der Waals surface area contributed by atoms with Crippen molar-refractivity contribution < 1.29 is 12.9 Å². The van der Waals surface area contributed by atoms with Crippen LogP contribution in [0.25, 0.3) is 0 Å². The van der Waals surface area contributed by atoms with Crippen molar-refractivity contribution in [3.05, 3.63) is 0 Å². The highest BCUT2D eigenvalue weighted by Gasteiger charge is 2.36. The molecular weight excluding hydrogens is 178 g/mol. The van der Waals surface area contributed by atoms with Crippen molar-refractivity contribution in [3.8, 4) is 0 Å². The van der Waals surface area contributed by atoms with Crippen molar-refractivity contribution in [1.29, 1.82) is 0 Å². The molecule has 1 nitrogen and oxygen atoms in total. The summed E-state index contributed by atoms with van der Waals surface area (Å²) >= 11 is 0. The second-order valence-electron chi connectivity index (χ2n) is 3.96. The zero-order chi connectivity index (χ0) is 9.90. The van der Waals surface area contributed by atoms with Crippen LogP contribution in [0.2, 0.25) is 5.82 Å². The number of hydrogen-bond donors (Lipinski definition) is 1. The van der Waals surface area contributed by atoms with Gasteiger partial charge < -0.3 is 18.3 Å². The molecule has 1 fully saturated rings. The zero-order valence-corrected chi connectivity index (χ0v) is 7.90. The number of halogens is 3. The van der Waals surface area contributed by atoms with E-state index in [-0.39, 0.29) is 0 Å². The first-order valence-electron chi connectivity index (χ1n) is 4.88. The predicted octanol–water partition coefficient (Wildman–Crippen LogP) is 2.61. The molecule has 0 saturated heterocycles. The molecule has 0 aromatic heterocycles. The van der Waals surface area contributed by atoms with Crippen molar-refractivity contribution >= 4 is 6.98 Å².